The quantitative estimate of drug-likeness (QED) is 0.456. The van der Waals surface area contributed by atoms with Crippen molar-refractivity contribution in [2.24, 2.45) is 17.8 Å². The van der Waals surface area contributed by atoms with E-state index < -0.39 is 32.0 Å². The van der Waals surface area contributed by atoms with E-state index in [0.29, 0.717) is 0 Å². The standard InChI is InChI=1S/C13H23B2O7P.Y/c1-6-7(2)12(14)21-10(6)5-19-23(17,18)22-11-8(3)13(15)20-9(11)4-16;/h6-13,16H,4-5H2,1-3H3,(H,17,18);/t6?,7-,8-,9+,10+,11?,12+,13+;/m0./s1. The van der Waals surface area contributed by atoms with Gasteiger partial charge >= 0.3 is 7.82 Å². The molecule has 0 spiro atoms. The molecule has 2 rings (SSSR count). The molecule has 0 aromatic carbocycles. The number of aliphatic hydroxyl groups excluding tert-OH is 1. The first-order valence-electron chi connectivity index (χ1n) is 7.75. The van der Waals surface area contributed by atoms with Gasteiger partial charge in [0.2, 0.25) is 0 Å². The maximum absolute atomic E-state index is 12.2. The van der Waals surface area contributed by atoms with Crippen LogP contribution in [-0.4, -0.2) is 69.2 Å². The van der Waals surface area contributed by atoms with Gasteiger partial charge in [0.05, 0.1) is 19.3 Å². The number of ether oxygens (including phenoxy) is 2. The van der Waals surface area contributed by atoms with Crippen molar-refractivity contribution in [3.63, 3.8) is 0 Å². The largest absolute Gasteiger partial charge is 0.472 e. The zero-order chi connectivity index (χ0) is 17.4. The Kier molecular flexibility index (Phi) is 9.14. The molecule has 0 amide bonds. The van der Waals surface area contributed by atoms with E-state index in [1.54, 1.807) is 6.92 Å². The molecule has 0 aromatic heterocycles. The third-order valence-corrected chi connectivity index (χ3v) is 5.82. The normalized spacial score (nSPS) is 44.9. The molecule has 131 valence electrons. The Labute approximate surface area is 170 Å². The number of phosphoric ester groups is 1. The van der Waals surface area contributed by atoms with Gasteiger partial charge in [-0.05, 0) is 11.8 Å². The van der Waals surface area contributed by atoms with Crippen molar-refractivity contribution in [1.29, 1.82) is 0 Å². The van der Waals surface area contributed by atoms with Gasteiger partial charge in [-0.25, -0.2) is 4.57 Å². The number of rotatable bonds is 6. The maximum atomic E-state index is 12.2. The number of hydrogen-bond acceptors (Lipinski definition) is 6. The Balaban J connectivity index is 0.00000288. The predicted molar refractivity (Wildman–Crippen MR) is 84.1 cm³/mol. The van der Waals surface area contributed by atoms with E-state index >= 15 is 0 Å². The Bertz CT molecular complexity index is 460. The molecule has 2 fully saturated rings. The summed E-state index contributed by atoms with van der Waals surface area (Å²) in [6, 6.07) is -1.09. The third kappa shape index (κ3) is 5.37. The summed E-state index contributed by atoms with van der Waals surface area (Å²) in [5.41, 5.74) is 0. The minimum absolute atomic E-state index is 0. The fourth-order valence-electron chi connectivity index (χ4n) is 2.87. The molecule has 24 heavy (non-hydrogen) atoms. The summed E-state index contributed by atoms with van der Waals surface area (Å²) in [6.07, 6.45) is -1.97. The van der Waals surface area contributed by atoms with Gasteiger partial charge in [-0.1, -0.05) is 20.8 Å². The van der Waals surface area contributed by atoms with Crippen molar-refractivity contribution in [1.82, 2.24) is 0 Å². The molecule has 2 aliphatic heterocycles. The van der Waals surface area contributed by atoms with Gasteiger partial charge in [0.1, 0.15) is 27.9 Å². The first-order valence-corrected chi connectivity index (χ1v) is 9.24. The molecule has 2 heterocycles. The van der Waals surface area contributed by atoms with Crippen LogP contribution in [-0.2, 0) is 55.8 Å². The fourth-order valence-corrected chi connectivity index (χ4v) is 3.90. The second-order valence-electron chi connectivity index (χ2n) is 6.37. The van der Waals surface area contributed by atoms with Gasteiger partial charge in [0.15, 0.2) is 0 Å². The minimum Gasteiger partial charge on any atom is -0.394 e. The van der Waals surface area contributed by atoms with E-state index in [-0.39, 0.29) is 69.8 Å². The van der Waals surface area contributed by atoms with E-state index in [0.717, 1.165) is 0 Å². The number of aliphatic hydroxyl groups is 1. The monoisotopic (exact) mass is 433 g/mol. The van der Waals surface area contributed by atoms with Crippen LogP contribution in [0.2, 0.25) is 0 Å². The fraction of sp³-hybridized carbons (Fsp3) is 1.00. The van der Waals surface area contributed by atoms with Crippen molar-refractivity contribution >= 4 is 23.5 Å². The van der Waals surface area contributed by atoms with Gasteiger partial charge in [-0.2, -0.15) is 0 Å². The van der Waals surface area contributed by atoms with Crippen molar-refractivity contribution in [3.05, 3.63) is 0 Å². The molecule has 0 aromatic rings. The van der Waals surface area contributed by atoms with Crippen LogP contribution in [0.4, 0.5) is 0 Å². The van der Waals surface area contributed by atoms with E-state index in [4.69, 9.17) is 34.2 Å². The van der Waals surface area contributed by atoms with Crippen molar-refractivity contribution < 1.29 is 65.8 Å². The molecule has 11 heteroatoms. The van der Waals surface area contributed by atoms with E-state index in [2.05, 4.69) is 0 Å². The number of phosphoric acid groups is 1. The summed E-state index contributed by atoms with van der Waals surface area (Å²) in [4.78, 5) is 9.92. The Morgan fingerprint density at radius 1 is 1.04 bits per heavy atom. The van der Waals surface area contributed by atoms with E-state index in [9.17, 15) is 14.6 Å². The summed E-state index contributed by atoms with van der Waals surface area (Å²) in [7, 11) is 7.18. The summed E-state index contributed by atoms with van der Waals surface area (Å²) < 4.78 is 33.2. The summed E-state index contributed by atoms with van der Waals surface area (Å²) in [6.45, 7) is 5.15. The van der Waals surface area contributed by atoms with Crippen LogP contribution in [0.5, 0.6) is 0 Å². The summed E-state index contributed by atoms with van der Waals surface area (Å²) in [5, 5.41) is 9.26. The Hall–Kier alpha value is 1.22. The van der Waals surface area contributed by atoms with Crippen molar-refractivity contribution in [2.75, 3.05) is 13.2 Å². The second kappa shape index (κ2) is 9.43. The smallest absolute Gasteiger partial charge is 0.394 e. The van der Waals surface area contributed by atoms with Gasteiger partial charge in [-0.3, -0.25) is 9.05 Å². The molecule has 2 N–H and O–H groups in total. The zero-order valence-electron chi connectivity index (χ0n) is 14.1. The van der Waals surface area contributed by atoms with Crippen LogP contribution in [0, 0.1) is 17.8 Å². The molecule has 3 unspecified atom stereocenters. The molecule has 2 aliphatic rings. The van der Waals surface area contributed by atoms with Crippen LogP contribution in [0.1, 0.15) is 20.8 Å². The van der Waals surface area contributed by atoms with E-state index in [1.165, 1.54) is 0 Å². The molecule has 7 nitrogen and oxygen atoms in total. The molecular formula is C13H23B2O7PY. The maximum Gasteiger partial charge on any atom is 0.472 e. The first kappa shape index (κ1) is 23.3. The predicted octanol–water partition coefficient (Wildman–Crippen LogP) is 0.173. The molecular weight excluding hydrogens is 410 g/mol. The van der Waals surface area contributed by atoms with E-state index in [1.807, 2.05) is 13.8 Å². The number of hydrogen-bond donors (Lipinski definition) is 2. The zero-order valence-corrected chi connectivity index (χ0v) is 17.9. The Morgan fingerprint density at radius 3 is 2.08 bits per heavy atom. The molecule has 2 saturated heterocycles. The van der Waals surface area contributed by atoms with Crippen molar-refractivity contribution in [3.8, 4) is 0 Å². The average Bonchev–Trinajstić information content (AvgIpc) is 2.89. The molecule has 0 saturated carbocycles. The summed E-state index contributed by atoms with van der Waals surface area (Å²) in [5.74, 6) is -0.133. The SMILES string of the molecule is [B][C@@H]1O[C@H](COP(=O)(O)OC2[C@@H](CO)O[C@@H]([B])[C@H]2C)C(C)[C@@H]1C.[Y]. The molecule has 0 aliphatic carbocycles. The van der Waals surface area contributed by atoms with Gasteiger partial charge in [0, 0.05) is 50.6 Å². The molecule has 0 bridgehead atoms. The van der Waals surface area contributed by atoms with Gasteiger partial charge < -0.3 is 19.5 Å². The second-order valence-corrected chi connectivity index (χ2v) is 7.78. The van der Waals surface area contributed by atoms with Gasteiger partial charge in [0.25, 0.3) is 0 Å². The van der Waals surface area contributed by atoms with Crippen LogP contribution in [0.15, 0.2) is 0 Å². The van der Waals surface area contributed by atoms with Gasteiger partial charge in [-0.15, -0.1) is 0 Å². The van der Waals surface area contributed by atoms with Crippen LogP contribution < -0.4 is 0 Å². The topological polar surface area (TPSA) is 94.5 Å². The van der Waals surface area contributed by atoms with Crippen LogP contribution in [0.3, 0.4) is 0 Å². The third-order valence-electron chi connectivity index (χ3n) is 4.84. The molecule has 9 atom stereocenters. The minimum atomic E-state index is -4.34. The molecule has 5 radical (unpaired) electrons. The Morgan fingerprint density at radius 2 is 1.58 bits per heavy atom. The van der Waals surface area contributed by atoms with Crippen molar-refractivity contribution in [2.45, 2.75) is 51.1 Å². The van der Waals surface area contributed by atoms with Crippen LogP contribution >= 0.6 is 7.82 Å². The van der Waals surface area contributed by atoms with Crippen LogP contribution in [0.25, 0.3) is 0 Å². The average molecular weight is 433 g/mol. The summed E-state index contributed by atoms with van der Waals surface area (Å²) >= 11 is 0. The first-order chi connectivity index (χ1) is 10.7.